The van der Waals surface area contributed by atoms with Crippen molar-refractivity contribution >= 4 is 5.91 Å². The summed E-state index contributed by atoms with van der Waals surface area (Å²) in [6.07, 6.45) is 3.43. The minimum absolute atomic E-state index is 0.00350. The van der Waals surface area contributed by atoms with Crippen LogP contribution in [0.4, 0.5) is 0 Å². The molecule has 116 valence electrons. The van der Waals surface area contributed by atoms with Crippen molar-refractivity contribution in [2.75, 3.05) is 19.8 Å². The van der Waals surface area contributed by atoms with Gasteiger partial charge in [-0.15, -0.1) is 0 Å². The molecular formula is C15H22N2O4. The summed E-state index contributed by atoms with van der Waals surface area (Å²) in [5.41, 5.74) is 0.679. The fourth-order valence-corrected chi connectivity index (χ4v) is 3.60. The summed E-state index contributed by atoms with van der Waals surface area (Å²) in [7, 11) is 0. The van der Waals surface area contributed by atoms with E-state index < -0.39 is 0 Å². The molecule has 2 atom stereocenters. The van der Waals surface area contributed by atoms with Crippen molar-refractivity contribution in [3.63, 3.8) is 0 Å². The van der Waals surface area contributed by atoms with Gasteiger partial charge in [0.2, 0.25) is 5.76 Å². The topological polar surface area (TPSA) is 84.6 Å². The Morgan fingerprint density at radius 2 is 2.24 bits per heavy atom. The van der Waals surface area contributed by atoms with Gasteiger partial charge in [0.15, 0.2) is 0 Å². The number of aliphatic hydroxyl groups excluding tert-OH is 1. The second kappa shape index (κ2) is 5.77. The largest absolute Gasteiger partial charge is 0.392 e. The van der Waals surface area contributed by atoms with Gasteiger partial charge in [0.25, 0.3) is 5.91 Å². The van der Waals surface area contributed by atoms with Crippen LogP contribution in [-0.2, 0) is 4.74 Å². The third-order valence-corrected chi connectivity index (χ3v) is 4.95. The van der Waals surface area contributed by atoms with Gasteiger partial charge in [-0.05, 0) is 32.6 Å². The van der Waals surface area contributed by atoms with Crippen LogP contribution in [0.25, 0.3) is 0 Å². The first-order valence-electron chi connectivity index (χ1n) is 7.58. The number of hydrogen-bond donors (Lipinski definition) is 2. The lowest BCUT2D eigenvalue weighted by molar-refractivity contribution is -0.0555. The van der Waals surface area contributed by atoms with E-state index in [4.69, 9.17) is 9.26 Å². The zero-order valence-electron chi connectivity index (χ0n) is 12.3. The quantitative estimate of drug-likeness (QED) is 0.877. The summed E-state index contributed by atoms with van der Waals surface area (Å²) in [5, 5.41) is 17.2. The summed E-state index contributed by atoms with van der Waals surface area (Å²) >= 11 is 0. The molecule has 21 heavy (non-hydrogen) atoms. The van der Waals surface area contributed by atoms with Crippen LogP contribution in [0.5, 0.6) is 0 Å². The molecule has 1 aromatic rings. The predicted octanol–water partition coefficient (Wildman–Crippen LogP) is 1.28. The lowest BCUT2D eigenvalue weighted by atomic mass is 9.76. The van der Waals surface area contributed by atoms with Crippen molar-refractivity contribution in [1.82, 2.24) is 10.5 Å². The molecule has 0 aromatic carbocycles. The van der Waals surface area contributed by atoms with Gasteiger partial charge >= 0.3 is 0 Å². The van der Waals surface area contributed by atoms with Crippen molar-refractivity contribution in [2.45, 2.75) is 38.7 Å². The normalized spacial score (nSPS) is 27.9. The van der Waals surface area contributed by atoms with Gasteiger partial charge in [-0.2, -0.15) is 0 Å². The first kappa shape index (κ1) is 14.5. The predicted molar refractivity (Wildman–Crippen MR) is 74.8 cm³/mol. The number of carbonyl (C=O) groups excluding carboxylic acids is 1. The molecule has 0 bridgehead atoms. The fraction of sp³-hybridized carbons (Fsp3) is 0.733. The number of ether oxygens (including phenoxy) is 1. The first-order chi connectivity index (χ1) is 10.1. The van der Waals surface area contributed by atoms with Crippen molar-refractivity contribution in [1.29, 1.82) is 0 Å². The standard InChI is InChI=1S/C15H22N2O4/c1-10-8-12(21-17-10)14(19)16-9-11-2-3-15(13(11)18)4-6-20-7-5-15/h8,11,13,18H,2-7,9H2,1H3,(H,16,19). The molecule has 1 spiro atoms. The lowest BCUT2D eigenvalue weighted by Gasteiger charge is -2.37. The summed E-state index contributed by atoms with van der Waals surface area (Å²) in [6, 6.07) is 1.61. The molecule has 1 aromatic heterocycles. The molecule has 2 aliphatic rings. The average molecular weight is 294 g/mol. The molecule has 2 fully saturated rings. The average Bonchev–Trinajstić information content (AvgIpc) is 3.05. The van der Waals surface area contributed by atoms with Gasteiger partial charge in [-0.1, -0.05) is 5.16 Å². The Hall–Kier alpha value is -1.40. The van der Waals surface area contributed by atoms with Crippen molar-refractivity contribution < 1.29 is 19.2 Å². The van der Waals surface area contributed by atoms with E-state index in [-0.39, 0.29) is 29.1 Å². The van der Waals surface area contributed by atoms with Gasteiger partial charge in [0.05, 0.1) is 11.8 Å². The smallest absolute Gasteiger partial charge is 0.289 e. The monoisotopic (exact) mass is 294 g/mol. The van der Waals surface area contributed by atoms with Gasteiger partial charge < -0.3 is 19.7 Å². The zero-order chi connectivity index (χ0) is 14.9. The highest BCUT2D eigenvalue weighted by atomic mass is 16.5. The Labute approximate surface area is 123 Å². The Morgan fingerprint density at radius 3 is 2.90 bits per heavy atom. The van der Waals surface area contributed by atoms with Crippen LogP contribution in [0.1, 0.15) is 41.9 Å². The molecule has 2 heterocycles. The summed E-state index contributed by atoms with van der Waals surface area (Å²) < 4.78 is 10.3. The van der Waals surface area contributed by atoms with Gasteiger partial charge in [0, 0.05) is 37.2 Å². The van der Waals surface area contributed by atoms with Crippen molar-refractivity contribution in [3.8, 4) is 0 Å². The number of carbonyl (C=O) groups is 1. The molecule has 1 amide bonds. The van der Waals surface area contributed by atoms with Crippen LogP contribution in [0.3, 0.4) is 0 Å². The first-order valence-corrected chi connectivity index (χ1v) is 7.58. The summed E-state index contributed by atoms with van der Waals surface area (Å²) in [5.74, 6) is 0.0626. The van der Waals surface area contributed by atoms with E-state index in [1.165, 1.54) is 0 Å². The molecule has 2 N–H and O–H groups in total. The maximum absolute atomic E-state index is 11.9. The zero-order valence-corrected chi connectivity index (χ0v) is 12.3. The number of aliphatic hydroxyl groups is 1. The molecule has 1 saturated carbocycles. The molecule has 1 saturated heterocycles. The molecule has 3 rings (SSSR count). The van der Waals surface area contributed by atoms with Crippen LogP contribution < -0.4 is 5.32 Å². The summed E-state index contributed by atoms with van der Waals surface area (Å²) in [4.78, 5) is 11.9. The van der Waals surface area contributed by atoms with Crippen molar-refractivity contribution in [3.05, 3.63) is 17.5 Å². The molecular weight excluding hydrogens is 272 g/mol. The van der Waals surface area contributed by atoms with Crippen molar-refractivity contribution in [2.24, 2.45) is 11.3 Å². The van der Waals surface area contributed by atoms with E-state index in [0.29, 0.717) is 12.2 Å². The summed E-state index contributed by atoms with van der Waals surface area (Å²) in [6.45, 7) is 3.71. The Bertz CT molecular complexity index is 508. The molecule has 1 aliphatic heterocycles. The lowest BCUT2D eigenvalue weighted by Crippen LogP contribution is -2.41. The molecule has 1 aliphatic carbocycles. The highest BCUT2D eigenvalue weighted by molar-refractivity contribution is 5.91. The van der Waals surface area contributed by atoms with E-state index in [9.17, 15) is 9.90 Å². The Morgan fingerprint density at radius 1 is 1.48 bits per heavy atom. The number of rotatable bonds is 3. The van der Waals surface area contributed by atoms with Crippen LogP contribution in [0, 0.1) is 18.3 Å². The molecule has 6 heteroatoms. The van der Waals surface area contributed by atoms with E-state index >= 15 is 0 Å². The third-order valence-electron chi connectivity index (χ3n) is 4.95. The van der Waals surface area contributed by atoms with Crippen LogP contribution >= 0.6 is 0 Å². The fourth-order valence-electron chi connectivity index (χ4n) is 3.60. The minimum atomic E-state index is -0.363. The molecule has 6 nitrogen and oxygen atoms in total. The minimum Gasteiger partial charge on any atom is -0.392 e. The van der Waals surface area contributed by atoms with Crippen LogP contribution in [0.2, 0.25) is 0 Å². The Kier molecular flexibility index (Phi) is 3.99. The maximum atomic E-state index is 11.9. The molecule has 0 radical (unpaired) electrons. The van der Waals surface area contributed by atoms with Crippen LogP contribution in [-0.4, -0.2) is 42.0 Å². The van der Waals surface area contributed by atoms with E-state index in [1.807, 2.05) is 0 Å². The van der Waals surface area contributed by atoms with Crippen LogP contribution in [0.15, 0.2) is 10.6 Å². The van der Waals surface area contributed by atoms with E-state index in [1.54, 1.807) is 13.0 Å². The third kappa shape index (κ3) is 2.82. The highest BCUT2D eigenvalue weighted by Crippen LogP contribution is 2.48. The highest BCUT2D eigenvalue weighted by Gasteiger charge is 2.48. The SMILES string of the molecule is Cc1cc(C(=O)NCC2CCC3(CCOCC3)C2O)on1. The Balaban J connectivity index is 1.55. The number of hydrogen-bond acceptors (Lipinski definition) is 5. The maximum Gasteiger partial charge on any atom is 0.289 e. The number of nitrogens with one attached hydrogen (secondary N) is 1. The van der Waals surface area contributed by atoms with E-state index in [2.05, 4.69) is 10.5 Å². The van der Waals surface area contributed by atoms with Gasteiger partial charge in [0.1, 0.15) is 0 Å². The number of nitrogens with zero attached hydrogens (tertiary/aromatic N) is 1. The number of aromatic nitrogens is 1. The van der Waals surface area contributed by atoms with Gasteiger partial charge in [-0.25, -0.2) is 0 Å². The second-order valence-electron chi connectivity index (χ2n) is 6.26. The van der Waals surface area contributed by atoms with E-state index in [0.717, 1.165) is 38.9 Å². The number of aryl methyl sites for hydroxylation is 1. The van der Waals surface area contributed by atoms with Gasteiger partial charge in [-0.3, -0.25) is 4.79 Å². The second-order valence-corrected chi connectivity index (χ2v) is 6.26. The number of amides is 1. The molecule has 2 unspecified atom stereocenters.